The number of nitrogens with one attached hydrogen (secondary N) is 1. The number of benzene rings is 2. The lowest BCUT2D eigenvalue weighted by atomic mass is 9.63. The second-order valence-corrected chi connectivity index (χ2v) is 11.2. The predicted molar refractivity (Wildman–Crippen MR) is 132 cm³/mol. The molecule has 4 nitrogen and oxygen atoms in total. The van der Waals surface area contributed by atoms with Crippen LogP contribution in [0, 0.1) is 16.7 Å². The number of nitrogen functional groups attached to an aromatic ring is 2. The standard InChI is InChI=1S/C27H39N3O/c1-26(2,3)17-27(4,5)21-12-10-19(11-13-21)18-6-8-20(9-7-18)25(31)30-24-16-22(28)14-15-23(24)29/h6-9,14-16,19,21H,10-13,17,28-29H2,1-5H3,(H,30,31). The Hall–Kier alpha value is -2.49. The van der Waals surface area contributed by atoms with E-state index in [9.17, 15) is 4.79 Å². The molecule has 1 aliphatic carbocycles. The molecule has 3 rings (SSSR count). The molecule has 0 spiro atoms. The summed E-state index contributed by atoms with van der Waals surface area (Å²) in [5.74, 6) is 1.21. The third kappa shape index (κ3) is 6.03. The van der Waals surface area contributed by atoms with Gasteiger partial charge in [-0.15, -0.1) is 0 Å². The predicted octanol–water partition coefficient (Wildman–Crippen LogP) is 6.84. The van der Waals surface area contributed by atoms with Crippen molar-refractivity contribution in [2.45, 2.75) is 72.6 Å². The molecule has 2 aromatic rings. The van der Waals surface area contributed by atoms with Crippen LogP contribution in [0.4, 0.5) is 17.1 Å². The minimum Gasteiger partial charge on any atom is -0.399 e. The minimum atomic E-state index is -0.170. The lowest BCUT2D eigenvalue weighted by Gasteiger charge is -2.42. The molecule has 0 heterocycles. The van der Waals surface area contributed by atoms with Crippen molar-refractivity contribution in [2.24, 2.45) is 16.7 Å². The first-order chi connectivity index (χ1) is 14.4. The Morgan fingerprint density at radius 3 is 2.13 bits per heavy atom. The molecule has 0 bridgehead atoms. The average molecular weight is 422 g/mol. The molecule has 0 radical (unpaired) electrons. The van der Waals surface area contributed by atoms with Gasteiger partial charge < -0.3 is 16.8 Å². The minimum absolute atomic E-state index is 0.170. The number of nitrogens with two attached hydrogens (primary N) is 2. The van der Waals surface area contributed by atoms with Gasteiger partial charge in [-0.1, -0.05) is 46.8 Å². The second-order valence-electron chi connectivity index (χ2n) is 11.2. The molecule has 0 saturated heterocycles. The number of amides is 1. The molecule has 0 unspecified atom stereocenters. The van der Waals surface area contributed by atoms with Gasteiger partial charge in [-0.2, -0.15) is 0 Å². The SMILES string of the molecule is CC(C)(C)CC(C)(C)C1CCC(c2ccc(C(=O)Nc3cc(N)ccc3N)cc2)CC1. The number of carbonyl (C=O) groups excluding carboxylic acids is 1. The highest BCUT2D eigenvalue weighted by molar-refractivity contribution is 6.06. The van der Waals surface area contributed by atoms with Gasteiger partial charge >= 0.3 is 0 Å². The fraction of sp³-hybridized carbons (Fsp3) is 0.519. The van der Waals surface area contributed by atoms with Crippen LogP contribution in [-0.4, -0.2) is 5.91 Å². The van der Waals surface area contributed by atoms with Crippen molar-refractivity contribution in [3.8, 4) is 0 Å². The van der Waals surface area contributed by atoms with E-state index < -0.39 is 0 Å². The lowest BCUT2D eigenvalue weighted by Crippen LogP contribution is -2.31. The number of hydrogen-bond donors (Lipinski definition) is 3. The monoisotopic (exact) mass is 421 g/mol. The number of carbonyl (C=O) groups is 1. The van der Waals surface area contributed by atoms with Gasteiger partial charge in [0.05, 0.1) is 11.4 Å². The Balaban J connectivity index is 1.60. The molecule has 0 atom stereocenters. The fourth-order valence-electron chi connectivity index (χ4n) is 5.50. The molecule has 2 aromatic carbocycles. The van der Waals surface area contributed by atoms with Gasteiger partial charge in [0.1, 0.15) is 0 Å². The van der Waals surface area contributed by atoms with Crippen molar-refractivity contribution < 1.29 is 4.79 Å². The van der Waals surface area contributed by atoms with Crippen LogP contribution in [0.3, 0.4) is 0 Å². The van der Waals surface area contributed by atoms with Crippen molar-refractivity contribution >= 4 is 23.0 Å². The summed E-state index contributed by atoms with van der Waals surface area (Å²) in [4.78, 5) is 12.6. The van der Waals surface area contributed by atoms with Gasteiger partial charge in [-0.05, 0) is 90.7 Å². The van der Waals surface area contributed by atoms with E-state index in [0.29, 0.717) is 39.4 Å². The lowest BCUT2D eigenvalue weighted by molar-refractivity contribution is 0.0945. The normalized spacial score (nSPS) is 19.8. The molecular weight excluding hydrogens is 382 g/mol. The summed E-state index contributed by atoms with van der Waals surface area (Å²) in [7, 11) is 0. The molecule has 0 aromatic heterocycles. The van der Waals surface area contributed by atoms with E-state index in [0.717, 1.165) is 5.92 Å². The first-order valence-electron chi connectivity index (χ1n) is 11.5. The Labute approximate surface area is 187 Å². The van der Waals surface area contributed by atoms with Crippen LogP contribution < -0.4 is 16.8 Å². The molecule has 1 saturated carbocycles. The van der Waals surface area contributed by atoms with Crippen molar-refractivity contribution in [1.82, 2.24) is 0 Å². The summed E-state index contributed by atoms with van der Waals surface area (Å²) in [6, 6.07) is 13.2. The largest absolute Gasteiger partial charge is 0.399 e. The molecule has 0 aliphatic heterocycles. The topological polar surface area (TPSA) is 81.1 Å². The zero-order valence-corrected chi connectivity index (χ0v) is 19.8. The van der Waals surface area contributed by atoms with Crippen LogP contribution in [0.15, 0.2) is 42.5 Å². The molecule has 4 heteroatoms. The van der Waals surface area contributed by atoms with Gasteiger partial charge in [0.15, 0.2) is 0 Å². The van der Waals surface area contributed by atoms with E-state index in [1.807, 2.05) is 12.1 Å². The van der Waals surface area contributed by atoms with Crippen LogP contribution in [0.1, 0.15) is 88.6 Å². The summed E-state index contributed by atoms with van der Waals surface area (Å²) >= 11 is 0. The molecule has 5 N–H and O–H groups in total. The van der Waals surface area contributed by atoms with Gasteiger partial charge in [0, 0.05) is 11.3 Å². The van der Waals surface area contributed by atoms with E-state index in [-0.39, 0.29) is 5.91 Å². The highest BCUT2D eigenvalue weighted by atomic mass is 16.1. The maximum absolute atomic E-state index is 12.6. The second kappa shape index (κ2) is 8.94. The molecule has 1 fully saturated rings. The Morgan fingerprint density at radius 1 is 0.935 bits per heavy atom. The fourth-order valence-corrected chi connectivity index (χ4v) is 5.50. The number of anilines is 3. The van der Waals surface area contributed by atoms with Crippen LogP contribution in [0.5, 0.6) is 0 Å². The van der Waals surface area contributed by atoms with Gasteiger partial charge in [-0.3, -0.25) is 4.79 Å². The molecular formula is C27H39N3O. The first-order valence-corrected chi connectivity index (χ1v) is 11.5. The van der Waals surface area contributed by atoms with Crippen LogP contribution in [-0.2, 0) is 0 Å². The Morgan fingerprint density at radius 2 is 1.55 bits per heavy atom. The molecule has 1 amide bonds. The van der Waals surface area contributed by atoms with Crippen molar-refractivity contribution in [1.29, 1.82) is 0 Å². The van der Waals surface area contributed by atoms with Crippen LogP contribution >= 0.6 is 0 Å². The van der Waals surface area contributed by atoms with Crippen LogP contribution in [0.25, 0.3) is 0 Å². The van der Waals surface area contributed by atoms with E-state index in [1.54, 1.807) is 18.2 Å². The van der Waals surface area contributed by atoms with Crippen molar-refractivity contribution in [2.75, 3.05) is 16.8 Å². The summed E-state index contributed by atoms with van der Waals surface area (Å²) in [6.45, 7) is 11.9. The van der Waals surface area contributed by atoms with E-state index >= 15 is 0 Å². The molecule has 31 heavy (non-hydrogen) atoms. The zero-order chi connectivity index (χ0) is 22.8. The third-order valence-electron chi connectivity index (χ3n) is 6.79. The smallest absolute Gasteiger partial charge is 0.255 e. The Kier molecular flexibility index (Phi) is 6.68. The zero-order valence-electron chi connectivity index (χ0n) is 19.8. The maximum atomic E-state index is 12.6. The quantitative estimate of drug-likeness (QED) is 0.462. The third-order valence-corrected chi connectivity index (χ3v) is 6.79. The van der Waals surface area contributed by atoms with Gasteiger partial charge in [0.2, 0.25) is 0 Å². The summed E-state index contributed by atoms with van der Waals surface area (Å²) in [5.41, 5.74) is 16.1. The van der Waals surface area contributed by atoms with Crippen molar-refractivity contribution in [3.05, 3.63) is 53.6 Å². The maximum Gasteiger partial charge on any atom is 0.255 e. The van der Waals surface area contributed by atoms with Crippen LogP contribution in [0.2, 0.25) is 0 Å². The van der Waals surface area contributed by atoms with Gasteiger partial charge in [0.25, 0.3) is 5.91 Å². The van der Waals surface area contributed by atoms with E-state index in [1.165, 1.54) is 37.7 Å². The van der Waals surface area contributed by atoms with E-state index in [2.05, 4.69) is 52.1 Å². The highest BCUT2D eigenvalue weighted by Gasteiger charge is 2.36. The molecule has 1 aliphatic rings. The first kappa shape index (κ1) is 23.2. The average Bonchev–Trinajstić information content (AvgIpc) is 2.69. The number of rotatable bonds is 5. The molecule has 168 valence electrons. The Bertz CT molecular complexity index is 901. The summed E-state index contributed by atoms with van der Waals surface area (Å²) in [6.07, 6.45) is 6.28. The van der Waals surface area contributed by atoms with E-state index in [4.69, 9.17) is 11.5 Å². The summed E-state index contributed by atoms with van der Waals surface area (Å²) < 4.78 is 0. The van der Waals surface area contributed by atoms with Crippen molar-refractivity contribution in [3.63, 3.8) is 0 Å². The van der Waals surface area contributed by atoms with Gasteiger partial charge in [-0.25, -0.2) is 0 Å². The highest BCUT2D eigenvalue weighted by Crippen LogP contribution is 2.48. The summed E-state index contributed by atoms with van der Waals surface area (Å²) in [5, 5.41) is 2.86. The number of hydrogen-bond acceptors (Lipinski definition) is 3.